The topological polar surface area (TPSA) is 41.1 Å². The number of carbonyl (C=O) groups excluding carboxylic acids is 1. The van der Waals surface area contributed by atoms with Crippen LogP contribution >= 0.6 is 35.6 Å². The van der Waals surface area contributed by atoms with Gasteiger partial charge in [-0.2, -0.15) is 0 Å². The van der Waals surface area contributed by atoms with Crippen LogP contribution in [0.4, 0.5) is 0 Å². The van der Waals surface area contributed by atoms with E-state index in [1.165, 1.54) is 0 Å². The van der Waals surface area contributed by atoms with E-state index in [0.717, 1.165) is 25.9 Å². The second-order valence-corrected chi connectivity index (χ2v) is 4.98. The average Bonchev–Trinajstić information content (AvgIpc) is 2.30. The summed E-state index contributed by atoms with van der Waals surface area (Å²) in [5.74, 6) is -0.139. The van der Waals surface area contributed by atoms with Crippen LogP contribution in [0.2, 0.25) is 10.0 Å². The van der Waals surface area contributed by atoms with Crippen LogP contribution in [0, 0.1) is 0 Å². The van der Waals surface area contributed by atoms with Gasteiger partial charge < -0.3 is 10.6 Å². The van der Waals surface area contributed by atoms with Crippen LogP contribution in [-0.4, -0.2) is 25.0 Å². The molecule has 18 heavy (non-hydrogen) atoms. The number of hydrogen-bond donors (Lipinski definition) is 2. The van der Waals surface area contributed by atoms with Crippen molar-refractivity contribution in [1.82, 2.24) is 10.6 Å². The molecule has 1 amide bonds. The monoisotopic (exact) mass is 308 g/mol. The Morgan fingerprint density at radius 3 is 2.78 bits per heavy atom. The van der Waals surface area contributed by atoms with Gasteiger partial charge in [-0.1, -0.05) is 23.2 Å². The lowest BCUT2D eigenvalue weighted by Gasteiger charge is -2.23. The third-order valence-electron chi connectivity index (χ3n) is 2.81. The van der Waals surface area contributed by atoms with Gasteiger partial charge >= 0.3 is 0 Å². The lowest BCUT2D eigenvalue weighted by molar-refractivity contribution is 0.0931. The van der Waals surface area contributed by atoms with Gasteiger partial charge in [-0.3, -0.25) is 4.79 Å². The maximum absolute atomic E-state index is 12.0. The summed E-state index contributed by atoms with van der Waals surface area (Å²) < 4.78 is 0. The number of benzene rings is 1. The minimum absolute atomic E-state index is 0. The third kappa shape index (κ3) is 4.02. The van der Waals surface area contributed by atoms with Gasteiger partial charge in [0, 0.05) is 17.6 Å². The Morgan fingerprint density at radius 2 is 2.17 bits per heavy atom. The van der Waals surface area contributed by atoms with Crippen LogP contribution in [0.3, 0.4) is 0 Å². The second-order valence-electron chi connectivity index (χ2n) is 4.14. The van der Waals surface area contributed by atoms with Crippen LogP contribution in [-0.2, 0) is 0 Å². The number of carbonyl (C=O) groups is 1. The number of hydrogen-bond acceptors (Lipinski definition) is 2. The predicted octanol–water partition coefficient (Wildman–Crippen LogP) is 2.90. The molecule has 2 N–H and O–H groups in total. The maximum atomic E-state index is 12.0. The molecule has 1 aliphatic rings. The van der Waals surface area contributed by atoms with Crippen molar-refractivity contribution >= 4 is 41.5 Å². The number of piperidine rings is 1. The first-order chi connectivity index (χ1) is 8.16. The summed E-state index contributed by atoms with van der Waals surface area (Å²) in [6.07, 6.45) is 2.09. The van der Waals surface area contributed by atoms with Crippen LogP contribution in [0.15, 0.2) is 18.2 Å². The highest BCUT2D eigenvalue weighted by Crippen LogP contribution is 2.21. The minimum atomic E-state index is -0.139. The second kappa shape index (κ2) is 7.19. The highest BCUT2D eigenvalue weighted by molar-refractivity contribution is 6.36. The van der Waals surface area contributed by atoms with Crippen molar-refractivity contribution in [2.45, 2.75) is 18.9 Å². The van der Waals surface area contributed by atoms with E-state index in [2.05, 4.69) is 10.6 Å². The van der Waals surface area contributed by atoms with Crippen molar-refractivity contribution in [1.29, 1.82) is 0 Å². The van der Waals surface area contributed by atoms with Crippen LogP contribution in [0.25, 0.3) is 0 Å². The summed E-state index contributed by atoms with van der Waals surface area (Å²) in [4.78, 5) is 12.0. The zero-order valence-corrected chi connectivity index (χ0v) is 12.0. The molecule has 0 unspecified atom stereocenters. The number of halogens is 3. The van der Waals surface area contributed by atoms with E-state index in [1.54, 1.807) is 18.2 Å². The summed E-state index contributed by atoms with van der Waals surface area (Å²) in [6, 6.07) is 5.08. The van der Waals surface area contributed by atoms with E-state index in [9.17, 15) is 4.79 Å². The molecule has 1 aromatic rings. The molecule has 100 valence electrons. The smallest absolute Gasteiger partial charge is 0.253 e. The molecule has 0 saturated carbocycles. The van der Waals surface area contributed by atoms with E-state index >= 15 is 0 Å². The Kier molecular flexibility index (Phi) is 6.22. The zero-order valence-electron chi connectivity index (χ0n) is 9.71. The van der Waals surface area contributed by atoms with Crippen molar-refractivity contribution in [3.63, 3.8) is 0 Å². The van der Waals surface area contributed by atoms with Crippen molar-refractivity contribution in [3.8, 4) is 0 Å². The van der Waals surface area contributed by atoms with Crippen LogP contribution in [0.1, 0.15) is 23.2 Å². The van der Waals surface area contributed by atoms with E-state index in [1.807, 2.05) is 0 Å². The largest absolute Gasteiger partial charge is 0.348 e. The molecular weight excluding hydrogens is 295 g/mol. The van der Waals surface area contributed by atoms with Gasteiger partial charge in [-0.05, 0) is 37.6 Å². The fourth-order valence-corrected chi connectivity index (χ4v) is 2.41. The molecule has 3 nitrogen and oxygen atoms in total. The Labute approximate surface area is 123 Å². The van der Waals surface area contributed by atoms with Crippen LogP contribution in [0.5, 0.6) is 0 Å². The Bertz CT molecular complexity index is 420. The van der Waals surface area contributed by atoms with Crippen LogP contribution < -0.4 is 10.6 Å². The van der Waals surface area contributed by atoms with Crippen molar-refractivity contribution < 1.29 is 4.79 Å². The summed E-state index contributed by atoms with van der Waals surface area (Å²) in [7, 11) is 0. The molecule has 6 heteroatoms. The van der Waals surface area contributed by atoms with Gasteiger partial charge in [0.2, 0.25) is 0 Å². The Morgan fingerprint density at radius 1 is 1.39 bits per heavy atom. The lowest BCUT2D eigenvalue weighted by atomic mass is 10.1. The molecule has 1 atom stereocenters. The summed E-state index contributed by atoms with van der Waals surface area (Å²) in [5, 5.41) is 7.13. The molecule has 1 heterocycles. The fourth-order valence-electron chi connectivity index (χ4n) is 1.91. The number of nitrogens with one attached hydrogen (secondary N) is 2. The van der Waals surface area contributed by atoms with Crippen molar-refractivity contribution in [2.75, 3.05) is 13.1 Å². The average molecular weight is 310 g/mol. The molecule has 0 aliphatic carbocycles. The Hall–Kier alpha value is -0.480. The van der Waals surface area contributed by atoms with Gasteiger partial charge in [0.15, 0.2) is 0 Å². The molecule has 0 bridgehead atoms. The fraction of sp³-hybridized carbons (Fsp3) is 0.417. The van der Waals surface area contributed by atoms with E-state index in [-0.39, 0.29) is 24.4 Å². The zero-order chi connectivity index (χ0) is 12.3. The summed E-state index contributed by atoms with van der Waals surface area (Å²) in [6.45, 7) is 1.84. The molecule has 0 radical (unpaired) electrons. The molecule has 1 fully saturated rings. The molecule has 2 rings (SSSR count). The van der Waals surface area contributed by atoms with E-state index in [0.29, 0.717) is 15.6 Å². The van der Waals surface area contributed by atoms with E-state index in [4.69, 9.17) is 23.2 Å². The SMILES string of the molecule is Cl.O=C(N[C@@H]1CCCNC1)c1ccc(Cl)cc1Cl. The van der Waals surface area contributed by atoms with Crippen molar-refractivity contribution in [2.24, 2.45) is 0 Å². The Balaban J connectivity index is 0.00000162. The minimum Gasteiger partial charge on any atom is -0.348 e. The summed E-state index contributed by atoms with van der Waals surface area (Å²) in [5.41, 5.74) is 0.474. The normalized spacial score (nSPS) is 18.9. The number of rotatable bonds is 2. The molecule has 1 aliphatic heterocycles. The molecular formula is C12H15Cl3N2O. The predicted molar refractivity (Wildman–Crippen MR) is 77.1 cm³/mol. The molecule has 1 saturated heterocycles. The maximum Gasteiger partial charge on any atom is 0.253 e. The van der Waals surface area contributed by atoms with Gasteiger partial charge in [-0.15, -0.1) is 12.4 Å². The molecule has 0 spiro atoms. The van der Waals surface area contributed by atoms with Gasteiger partial charge in [0.25, 0.3) is 5.91 Å². The quantitative estimate of drug-likeness (QED) is 0.882. The summed E-state index contributed by atoms with van der Waals surface area (Å²) >= 11 is 11.8. The highest BCUT2D eigenvalue weighted by Gasteiger charge is 2.17. The van der Waals surface area contributed by atoms with Gasteiger partial charge in [0.1, 0.15) is 0 Å². The number of amides is 1. The van der Waals surface area contributed by atoms with Crippen molar-refractivity contribution in [3.05, 3.63) is 33.8 Å². The lowest BCUT2D eigenvalue weighted by Crippen LogP contribution is -2.45. The molecule has 1 aromatic carbocycles. The third-order valence-corrected chi connectivity index (χ3v) is 3.36. The molecule has 0 aromatic heterocycles. The van der Waals surface area contributed by atoms with Gasteiger partial charge in [-0.25, -0.2) is 0 Å². The first kappa shape index (κ1) is 15.6. The standard InChI is InChI=1S/C12H14Cl2N2O.ClH/c13-8-3-4-10(11(14)6-8)12(17)16-9-2-1-5-15-7-9;/h3-4,6,9,15H,1-2,5,7H2,(H,16,17);1H/t9-;/m1./s1. The first-order valence-electron chi connectivity index (χ1n) is 5.63. The highest BCUT2D eigenvalue weighted by atomic mass is 35.5. The first-order valence-corrected chi connectivity index (χ1v) is 6.39. The van der Waals surface area contributed by atoms with E-state index < -0.39 is 0 Å². The van der Waals surface area contributed by atoms with Gasteiger partial charge in [0.05, 0.1) is 10.6 Å².